The van der Waals surface area contributed by atoms with Gasteiger partial charge in [-0.1, -0.05) is 111 Å². The Hall–Kier alpha value is -0.790. The van der Waals surface area contributed by atoms with Gasteiger partial charge in [-0.3, -0.25) is 0 Å². The molecule has 2 nitrogen and oxygen atoms in total. The molecule has 0 saturated heterocycles. The average molecular weight is 420 g/mol. The molecule has 1 aromatic rings. The van der Waals surface area contributed by atoms with Crippen LogP contribution >= 0.6 is 0 Å². The van der Waals surface area contributed by atoms with Crippen LogP contribution in [0.15, 0.2) is 12.4 Å². The van der Waals surface area contributed by atoms with E-state index in [0.717, 1.165) is 0 Å². The number of aromatic nitrogens is 2. The zero-order valence-corrected chi connectivity index (χ0v) is 21.1. The highest BCUT2D eigenvalue weighted by atomic mass is 15.1. The molecule has 0 aliphatic rings. The lowest BCUT2D eigenvalue weighted by molar-refractivity contribution is -0.704. The highest BCUT2D eigenvalue weighted by Gasteiger charge is 2.16. The first-order chi connectivity index (χ1) is 14.8. The van der Waals surface area contributed by atoms with Crippen LogP contribution in [0.2, 0.25) is 0 Å². The molecule has 0 amide bonds. The molecule has 0 aliphatic carbocycles. The van der Waals surface area contributed by atoms with Gasteiger partial charge in [-0.15, -0.1) is 0 Å². The van der Waals surface area contributed by atoms with E-state index < -0.39 is 0 Å². The monoisotopic (exact) mass is 419 g/mol. The summed E-state index contributed by atoms with van der Waals surface area (Å²) in [5.41, 5.74) is 0. The maximum atomic E-state index is 2.59. The van der Waals surface area contributed by atoms with Gasteiger partial charge in [-0.05, 0) is 32.1 Å². The van der Waals surface area contributed by atoms with Crippen LogP contribution < -0.4 is 4.57 Å². The molecule has 2 heteroatoms. The van der Waals surface area contributed by atoms with E-state index in [1.807, 2.05) is 0 Å². The van der Waals surface area contributed by atoms with Crippen molar-refractivity contribution in [2.45, 2.75) is 162 Å². The minimum atomic E-state index is 1.22. The summed E-state index contributed by atoms with van der Waals surface area (Å²) in [6.45, 7) is 9.36. The first-order valence-electron chi connectivity index (χ1n) is 13.9. The second-order valence-corrected chi connectivity index (χ2v) is 9.51. The van der Waals surface area contributed by atoms with Gasteiger partial charge in [0.05, 0.1) is 13.1 Å². The lowest BCUT2D eigenvalue weighted by Crippen LogP contribution is -2.37. The molecule has 0 spiro atoms. The summed E-state index contributed by atoms with van der Waals surface area (Å²) >= 11 is 0. The summed E-state index contributed by atoms with van der Waals surface area (Å²) in [6, 6.07) is 0. The zero-order chi connectivity index (χ0) is 21.7. The van der Waals surface area contributed by atoms with Gasteiger partial charge < -0.3 is 0 Å². The van der Waals surface area contributed by atoms with Gasteiger partial charge in [0.15, 0.2) is 0 Å². The van der Waals surface area contributed by atoms with Gasteiger partial charge in [0.2, 0.25) is 0 Å². The summed E-state index contributed by atoms with van der Waals surface area (Å²) in [5, 5.41) is 0. The van der Waals surface area contributed by atoms with Crippen molar-refractivity contribution in [3.05, 3.63) is 18.2 Å². The topological polar surface area (TPSA) is 8.81 Å². The molecule has 0 atom stereocenters. The van der Waals surface area contributed by atoms with Crippen molar-refractivity contribution < 1.29 is 4.57 Å². The Morgan fingerprint density at radius 1 is 0.567 bits per heavy atom. The number of hydrogen-bond acceptors (Lipinski definition) is 0. The largest absolute Gasteiger partial charge is 0.256 e. The van der Waals surface area contributed by atoms with Crippen LogP contribution in [-0.4, -0.2) is 4.57 Å². The number of rotatable bonds is 22. The van der Waals surface area contributed by atoms with Gasteiger partial charge in [-0.25, -0.2) is 9.13 Å². The molecule has 0 bridgehead atoms. The Kier molecular flexibility index (Phi) is 18.3. The first-order valence-corrected chi connectivity index (χ1v) is 13.9. The minimum absolute atomic E-state index is 1.22. The number of unbranched alkanes of at least 4 members (excludes halogenated alkanes) is 16. The molecule has 0 N–H and O–H groups in total. The molecule has 1 heterocycles. The molecule has 0 saturated carbocycles. The summed E-state index contributed by atoms with van der Waals surface area (Å²) in [4.78, 5) is 0. The van der Waals surface area contributed by atoms with E-state index in [2.05, 4.69) is 42.3 Å². The Labute approximate surface area is 189 Å². The third kappa shape index (κ3) is 13.5. The summed E-state index contributed by atoms with van der Waals surface area (Å²) in [7, 11) is 0. The second-order valence-electron chi connectivity index (χ2n) is 9.51. The number of hydrogen-bond donors (Lipinski definition) is 0. The Morgan fingerprint density at radius 3 is 1.60 bits per heavy atom. The molecule has 1 rings (SSSR count). The lowest BCUT2D eigenvalue weighted by atomic mass is 10.1. The van der Waals surface area contributed by atoms with Gasteiger partial charge >= 0.3 is 0 Å². The zero-order valence-electron chi connectivity index (χ0n) is 21.1. The molecule has 176 valence electrons. The van der Waals surface area contributed by atoms with Crippen LogP contribution in [0, 0.1) is 0 Å². The van der Waals surface area contributed by atoms with E-state index in [1.165, 1.54) is 142 Å². The molecular weight excluding hydrogens is 364 g/mol. The molecule has 0 aliphatic heterocycles. The molecular formula is C28H55N2+. The number of aryl methyl sites for hydroxylation is 2. The highest BCUT2D eigenvalue weighted by Crippen LogP contribution is 2.12. The van der Waals surface area contributed by atoms with Crippen molar-refractivity contribution >= 4 is 0 Å². The molecule has 0 aromatic carbocycles. The van der Waals surface area contributed by atoms with E-state index in [-0.39, 0.29) is 0 Å². The van der Waals surface area contributed by atoms with Crippen LogP contribution in [-0.2, 0) is 19.5 Å². The number of imidazole rings is 1. The maximum Gasteiger partial charge on any atom is 0.256 e. The van der Waals surface area contributed by atoms with Gasteiger partial charge in [-0.2, -0.15) is 0 Å². The van der Waals surface area contributed by atoms with Gasteiger partial charge in [0.1, 0.15) is 12.4 Å². The fraction of sp³-hybridized carbons (Fsp3) is 0.893. The predicted octanol–water partition coefficient (Wildman–Crippen LogP) is 8.79. The summed E-state index contributed by atoms with van der Waals surface area (Å²) < 4.78 is 5.17. The Morgan fingerprint density at radius 2 is 1.03 bits per heavy atom. The highest BCUT2D eigenvalue weighted by molar-refractivity contribution is 4.84. The summed E-state index contributed by atoms with van der Waals surface area (Å²) in [5.74, 6) is 1.60. The van der Waals surface area contributed by atoms with E-state index in [0.29, 0.717) is 0 Å². The van der Waals surface area contributed by atoms with Crippen molar-refractivity contribution in [2.24, 2.45) is 0 Å². The second kappa shape index (κ2) is 20.1. The molecule has 0 unspecified atom stereocenters. The lowest BCUT2D eigenvalue weighted by Gasteiger charge is -2.07. The van der Waals surface area contributed by atoms with Crippen molar-refractivity contribution in [3.8, 4) is 0 Å². The van der Waals surface area contributed by atoms with Crippen LogP contribution in [0.25, 0.3) is 0 Å². The normalized spacial score (nSPS) is 11.4. The predicted molar refractivity (Wildman–Crippen MR) is 133 cm³/mol. The van der Waals surface area contributed by atoms with E-state index in [4.69, 9.17) is 0 Å². The van der Waals surface area contributed by atoms with Crippen molar-refractivity contribution in [2.75, 3.05) is 0 Å². The fourth-order valence-corrected chi connectivity index (χ4v) is 4.56. The standard InChI is InChI=1S/C28H55N2/c1-4-7-10-13-15-17-19-22-25-30-27-26-29(24-21-12-9-6-3)28(30)23-20-18-16-14-11-8-5-2/h26-27H,4-25H2,1-3H3/q+1. The van der Waals surface area contributed by atoms with E-state index >= 15 is 0 Å². The maximum absolute atomic E-state index is 2.59. The summed E-state index contributed by atoms with van der Waals surface area (Å²) in [6.07, 6.45) is 32.5. The van der Waals surface area contributed by atoms with Crippen LogP contribution in [0.5, 0.6) is 0 Å². The third-order valence-electron chi connectivity index (χ3n) is 6.60. The van der Waals surface area contributed by atoms with Gasteiger partial charge in [0, 0.05) is 6.42 Å². The van der Waals surface area contributed by atoms with E-state index in [9.17, 15) is 0 Å². The molecule has 1 aromatic heterocycles. The van der Waals surface area contributed by atoms with Crippen LogP contribution in [0.3, 0.4) is 0 Å². The SMILES string of the molecule is CCCCCCCCCC[n+]1ccn(CCCCCC)c1CCCCCCCCC. The molecule has 0 radical (unpaired) electrons. The van der Waals surface area contributed by atoms with Crippen molar-refractivity contribution in [3.63, 3.8) is 0 Å². The molecule has 30 heavy (non-hydrogen) atoms. The van der Waals surface area contributed by atoms with Gasteiger partial charge in [0.25, 0.3) is 5.82 Å². The quantitative estimate of drug-likeness (QED) is 0.131. The smallest absolute Gasteiger partial charge is 0.234 e. The average Bonchev–Trinajstić information content (AvgIpc) is 3.14. The third-order valence-corrected chi connectivity index (χ3v) is 6.60. The van der Waals surface area contributed by atoms with Crippen LogP contribution in [0.1, 0.15) is 149 Å². The van der Waals surface area contributed by atoms with E-state index in [1.54, 1.807) is 5.82 Å². The van der Waals surface area contributed by atoms with Crippen LogP contribution in [0.4, 0.5) is 0 Å². The first kappa shape index (κ1) is 27.2. The Balaban J connectivity index is 2.38. The molecule has 0 fully saturated rings. The van der Waals surface area contributed by atoms with Crippen molar-refractivity contribution in [1.29, 1.82) is 0 Å². The number of nitrogens with zero attached hydrogens (tertiary/aromatic N) is 2. The van der Waals surface area contributed by atoms with Crippen molar-refractivity contribution in [1.82, 2.24) is 4.57 Å². The fourth-order valence-electron chi connectivity index (χ4n) is 4.56. The minimum Gasteiger partial charge on any atom is -0.234 e. The Bertz CT molecular complexity index is 477.